The standard InChI is InChI=1S/5O.3Ti/q5*-2;3*+3. The molecule has 0 N–H and O–H groups in total. The van der Waals surface area contributed by atoms with Gasteiger partial charge in [0.25, 0.3) is 0 Å². The zero-order valence-corrected chi connectivity index (χ0v) is 8.23. The summed E-state index contributed by atoms with van der Waals surface area (Å²) in [6.45, 7) is 0. The second-order valence-electron chi connectivity index (χ2n) is 0. The maximum absolute atomic E-state index is 0. The van der Waals surface area contributed by atoms with Crippen molar-refractivity contribution in [2.24, 2.45) is 0 Å². The molecule has 0 amide bonds. The van der Waals surface area contributed by atoms with Crippen LogP contribution in [-0.2, 0) is 92.5 Å². The van der Waals surface area contributed by atoms with Gasteiger partial charge >= 0.3 is 65.2 Å². The molecule has 5 nitrogen and oxygen atoms in total. The Morgan fingerprint density at radius 3 is 0.250 bits per heavy atom. The van der Waals surface area contributed by atoms with Gasteiger partial charge < -0.3 is 27.4 Å². The molecule has 0 saturated carbocycles. The maximum Gasteiger partial charge on any atom is 3.00 e. The van der Waals surface area contributed by atoms with Crippen molar-refractivity contribution in [1.82, 2.24) is 0 Å². The number of hydrogen-bond donors (Lipinski definition) is 0. The van der Waals surface area contributed by atoms with E-state index in [0.29, 0.717) is 0 Å². The first kappa shape index (κ1) is 211. The fourth-order valence-corrected chi connectivity index (χ4v) is 0. The molecule has 0 unspecified atom stereocenters. The SMILES string of the molecule is [O-2].[O-2].[O-2].[O-2].[O-2].[Ti+3].[Ti+3].[Ti+3]. The summed E-state index contributed by atoms with van der Waals surface area (Å²) in [4.78, 5) is 0. The van der Waals surface area contributed by atoms with Crippen LogP contribution in [0.25, 0.3) is 0 Å². The largest absolute Gasteiger partial charge is 3.00 e. The second kappa shape index (κ2) is 149. The second-order valence-corrected chi connectivity index (χ2v) is 0. The van der Waals surface area contributed by atoms with Gasteiger partial charge in [-0.25, -0.2) is 0 Å². The summed E-state index contributed by atoms with van der Waals surface area (Å²) in [6.07, 6.45) is 0. The van der Waals surface area contributed by atoms with Gasteiger partial charge in [0.2, 0.25) is 0 Å². The summed E-state index contributed by atoms with van der Waals surface area (Å²) in [5.74, 6) is 0. The van der Waals surface area contributed by atoms with Crippen LogP contribution in [0.15, 0.2) is 0 Å². The zero-order chi connectivity index (χ0) is 0. The van der Waals surface area contributed by atoms with E-state index in [-0.39, 0.29) is 92.5 Å². The fraction of sp³-hybridized carbons (Fsp3) is 0. The minimum Gasteiger partial charge on any atom is -2.00 e. The first-order valence-electron chi connectivity index (χ1n) is 0. The maximum atomic E-state index is 0. The molecule has 0 aromatic heterocycles. The predicted octanol–water partition coefficient (Wildman–Crippen LogP) is -0.601. The van der Waals surface area contributed by atoms with Gasteiger partial charge in [-0.05, 0) is 0 Å². The molecule has 0 aliphatic carbocycles. The molecule has 0 heterocycles. The van der Waals surface area contributed by atoms with E-state index >= 15 is 0 Å². The molecule has 8 heavy (non-hydrogen) atoms. The molecule has 0 aliphatic heterocycles. The van der Waals surface area contributed by atoms with Crippen molar-refractivity contribution in [2.75, 3.05) is 0 Å². The minimum absolute atomic E-state index is 0. The number of rotatable bonds is 0. The predicted molar refractivity (Wildman–Crippen MR) is 3.43 cm³/mol. The Morgan fingerprint density at radius 1 is 0.250 bits per heavy atom. The molecule has 0 atom stereocenters. The molecule has 3 radical (unpaired) electrons. The Hall–Kier alpha value is 1.94. The molecule has 0 spiro atoms. The molecular formula is O5Ti3-. The summed E-state index contributed by atoms with van der Waals surface area (Å²) in [6, 6.07) is 0. The molecule has 0 aromatic rings. The first-order valence-corrected chi connectivity index (χ1v) is 0. The van der Waals surface area contributed by atoms with E-state index in [4.69, 9.17) is 0 Å². The van der Waals surface area contributed by atoms with E-state index in [1.807, 2.05) is 0 Å². The van der Waals surface area contributed by atoms with Crippen molar-refractivity contribution in [3.63, 3.8) is 0 Å². The monoisotopic (exact) mass is 224 g/mol. The van der Waals surface area contributed by atoms with Crippen molar-refractivity contribution in [3.05, 3.63) is 0 Å². The topological polar surface area (TPSA) is 142 Å². The molecular weight excluding hydrogens is 224 g/mol. The van der Waals surface area contributed by atoms with Crippen molar-refractivity contribution in [1.29, 1.82) is 0 Å². The van der Waals surface area contributed by atoms with Crippen LogP contribution >= 0.6 is 0 Å². The summed E-state index contributed by atoms with van der Waals surface area (Å²) < 4.78 is 0. The third kappa shape index (κ3) is 101. The van der Waals surface area contributed by atoms with Crippen molar-refractivity contribution < 1.29 is 92.5 Å². The van der Waals surface area contributed by atoms with E-state index < -0.39 is 0 Å². The van der Waals surface area contributed by atoms with Crippen molar-refractivity contribution in [3.8, 4) is 0 Å². The molecule has 0 aromatic carbocycles. The Labute approximate surface area is 91.8 Å². The first-order chi connectivity index (χ1) is 0. The third-order valence-electron chi connectivity index (χ3n) is 0. The van der Waals surface area contributed by atoms with Gasteiger partial charge in [-0.1, -0.05) is 0 Å². The van der Waals surface area contributed by atoms with Crippen LogP contribution in [0.2, 0.25) is 0 Å². The Bertz CT molecular complexity index is 7.64. The average Bonchev–Trinajstić information content (AvgIpc) is 0. The van der Waals surface area contributed by atoms with Crippen molar-refractivity contribution in [2.45, 2.75) is 0 Å². The van der Waals surface area contributed by atoms with Gasteiger partial charge in [0, 0.05) is 0 Å². The Balaban J connectivity index is 0. The number of hydrogen-bond acceptors (Lipinski definition) is 0. The third-order valence-corrected chi connectivity index (χ3v) is 0. The van der Waals surface area contributed by atoms with Crippen molar-refractivity contribution >= 4 is 0 Å². The van der Waals surface area contributed by atoms with E-state index in [9.17, 15) is 0 Å². The molecule has 0 fully saturated rings. The van der Waals surface area contributed by atoms with Gasteiger partial charge in [-0.15, -0.1) is 0 Å². The minimum atomic E-state index is 0. The molecule has 8 heteroatoms. The van der Waals surface area contributed by atoms with Crippen LogP contribution in [0.5, 0.6) is 0 Å². The summed E-state index contributed by atoms with van der Waals surface area (Å²) in [7, 11) is 0. The molecule has 0 aliphatic rings. The van der Waals surface area contributed by atoms with Crippen LogP contribution in [0.1, 0.15) is 0 Å². The van der Waals surface area contributed by atoms with E-state index in [0.717, 1.165) is 0 Å². The molecule has 0 bridgehead atoms. The van der Waals surface area contributed by atoms with Crippen LogP contribution < -0.4 is 0 Å². The van der Waals surface area contributed by atoms with Gasteiger partial charge in [-0.3, -0.25) is 0 Å². The van der Waals surface area contributed by atoms with E-state index in [1.165, 1.54) is 0 Å². The van der Waals surface area contributed by atoms with Crippen LogP contribution in [0, 0.1) is 0 Å². The average molecular weight is 224 g/mol. The zero-order valence-electron chi connectivity index (χ0n) is 3.54. The van der Waals surface area contributed by atoms with E-state index in [2.05, 4.69) is 0 Å². The van der Waals surface area contributed by atoms with Crippen LogP contribution in [0.4, 0.5) is 0 Å². The van der Waals surface area contributed by atoms with Gasteiger partial charge in [0.1, 0.15) is 0 Å². The van der Waals surface area contributed by atoms with Gasteiger partial charge in [-0.2, -0.15) is 0 Å². The smallest absolute Gasteiger partial charge is 2.00 e. The summed E-state index contributed by atoms with van der Waals surface area (Å²) in [5, 5.41) is 0. The van der Waals surface area contributed by atoms with E-state index in [1.54, 1.807) is 0 Å². The summed E-state index contributed by atoms with van der Waals surface area (Å²) >= 11 is 0. The quantitative estimate of drug-likeness (QED) is 0.483. The molecule has 0 rings (SSSR count). The van der Waals surface area contributed by atoms with Crippen LogP contribution in [0.3, 0.4) is 0 Å². The van der Waals surface area contributed by atoms with Crippen LogP contribution in [-0.4, -0.2) is 0 Å². The summed E-state index contributed by atoms with van der Waals surface area (Å²) in [5.41, 5.74) is 0. The van der Waals surface area contributed by atoms with Gasteiger partial charge in [0.15, 0.2) is 0 Å². The molecule has 43 valence electrons. The normalized spacial score (nSPS) is 0. The van der Waals surface area contributed by atoms with Gasteiger partial charge in [0.05, 0.1) is 0 Å². The fourth-order valence-electron chi connectivity index (χ4n) is 0. The Morgan fingerprint density at radius 2 is 0.250 bits per heavy atom. The molecule has 0 saturated heterocycles. The Kier molecular flexibility index (Phi) is 3940.